The van der Waals surface area contributed by atoms with Crippen LogP contribution in [0.15, 0.2) is 88.8 Å². The summed E-state index contributed by atoms with van der Waals surface area (Å²) in [7, 11) is -4.05. The third kappa shape index (κ3) is 4.81. The zero-order valence-electron chi connectivity index (χ0n) is 22.7. The van der Waals surface area contributed by atoms with Gasteiger partial charge in [-0.1, -0.05) is 61.8 Å². The molecule has 0 N–H and O–H groups in total. The summed E-state index contributed by atoms with van der Waals surface area (Å²) >= 11 is 5.95. The van der Waals surface area contributed by atoms with E-state index in [1.807, 2.05) is 30.3 Å². The van der Waals surface area contributed by atoms with E-state index in [9.17, 15) is 18.0 Å². The minimum atomic E-state index is -4.05. The average Bonchev–Trinajstić information content (AvgIpc) is 2.99. The van der Waals surface area contributed by atoms with Gasteiger partial charge in [0.2, 0.25) is 9.84 Å². The summed E-state index contributed by atoms with van der Waals surface area (Å²) in [4.78, 5) is 35.4. The molecule has 208 valence electrons. The molecule has 7 nitrogen and oxygen atoms in total. The van der Waals surface area contributed by atoms with Gasteiger partial charge in [-0.25, -0.2) is 13.4 Å². The number of hydrogen-bond acceptors (Lipinski definition) is 6. The Morgan fingerprint density at radius 3 is 2.32 bits per heavy atom. The number of anilines is 1. The molecule has 0 spiro atoms. The average molecular weight is 586 g/mol. The van der Waals surface area contributed by atoms with Crippen molar-refractivity contribution in [2.45, 2.75) is 29.6 Å². The minimum Gasteiger partial charge on any atom is -0.353 e. The highest BCUT2D eigenvalue weighted by Gasteiger charge is 2.38. The third-order valence-corrected chi connectivity index (χ3v) is 9.84. The van der Waals surface area contributed by atoms with Crippen LogP contribution in [0, 0.1) is 0 Å². The molecule has 0 radical (unpaired) electrons. The summed E-state index contributed by atoms with van der Waals surface area (Å²) in [6.45, 7) is 6.10. The van der Waals surface area contributed by atoms with Crippen LogP contribution in [0.3, 0.4) is 0 Å². The summed E-state index contributed by atoms with van der Waals surface area (Å²) in [6.07, 6.45) is 1.58. The zero-order valence-corrected chi connectivity index (χ0v) is 24.2. The number of pyridine rings is 1. The Bertz CT molecular complexity index is 1790. The van der Waals surface area contributed by atoms with Gasteiger partial charge in [-0.3, -0.25) is 9.59 Å². The van der Waals surface area contributed by atoms with Crippen LogP contribution in [0.5, 0.6) is 0 Å². The Morgan fingerprint density at radius 1 is 0.878 bits per heavy atom. The first-order valence-corrected chi connectivity index (χ1v) is 15.3. The van der Waals surface area contributed by atoms with Crippen molar-refractivity contribution in [3.8, 4) is 11.1 Å². The largest absolute Gasteiger partial charge is 0.353 e. The molecule has 41 heavy (non-hydrogen) atoms. The van der Waals surface area contributed by atoms with Crippen molar-refractivity contribution in [1.29, 1.82) is 0 Å². The highest BCUT2D eigenvalue weighted by atomic mass is 35.5. The van der Waals surface area contributed by atoms with Crippen molar-refractivity contribution in [2.75, 3.05) is 31.1 Å². The van der Waals surface area contributed by atoms with E-state index in [1.54, 1.807) is 41.4 Å². The van der Waals surface area contributed by atoms with Gasteiger partial charge in [0.05, 0.1) is 25.9 Å². The number of halogens is 1. The number of amides is 1. The van der Waals surface area contributed by atoms with Crippen molar-refractivity contribution in [3.05, 3.63) is 106 Å². The first-order valence-electron chi connectivity index (χ1n) is 13.5. The van der Waals surface area contributed by atoms with Gasteiger partial charge < -0.3 is 9.80 Å². The molecule has 3 aromatic carbocycles. The van der Waals surface area contributed by atoms with Crippen molar-refractivity contribution in [1.82, 2.24) is 9.88 Å². The molecule has 0 unspecified atom stereocenters. The van der Waals surface area contributed by atoms with Crippen LogP contribution < -0.4 is 4.90 Å². The topological polar surface area (TPSA) is 87.7 Å². The van der Waals surface area contributed by atoms with Gasteiger partial charge in [-0.15, -0.1) is 0 Å². The fourth-order valence-corrected chi connectivity index (χ4v) is 7.28. The normalized spacial score (nSPS) is 16.0. The van der Waals surface area contributed by atoms with Gasteiger partial charge >= 0.3 is 0 Å². The molecule has 9 heteroatoms. The molecule has 0 bridgehead atoms. The second kappa shape index (κ2) is 10.4. The predicted molar refractivity (Wildman–Crippen MR) is 159 cm³/mol. The standard InChI is InChI=1S/C32H28ClN3O4S/c1-20(2)21-5-3-6-22(17-21)23-9-11-25-28(18-23)41(39,40)27-8-4-7-26(30(27)31(25)37)32(38)36-15-13-35(14-16-36)29-12-10-24(33)19-34-29/h3-12,17-20H,13-16H2,1-2H3. The number of sulfone groups is 1. The van der Waals surface area contributed by atoms with Gasteiger partial charge in [0.25, 0.3) is 5.91 Å². The predicted octanol–water partition coefficient (Wildman–Crippen LogP) is 5.87. The van der Waals surface area contributed by atoms with Gasteiger partial charge in [-0.2, -0.15) is 0 Å². The van der Waals surface area contributed by atoms with Crippen LogP contribution in [0.1, 0.15) is 51.6 Å². The number of carbonyl (C=O) groups excluding carboxylic acids is 2. The molecule has 2 aliphatic heterocycles. The van der Waals surface area contributed by atoms with Crippen molar-refractivity contribution in [2.24, 2.45) is 0 Å². The number of aromatic nitrogens is 1. The molecule has 6 rings (SSSR count). The fraction of sp³-hybridized carbons (Fsp3) is 0.219. The molecule has 0 saturated carbocycles. The molecule has 0 atom stereocenters. The monoisotopic (exact) mass is 585 g/mol. The Morgan fingerprint density at radius 2 is 1.61 bits per heavy atom. The van der Waals surface area contributed by atoms with Gasteiger partial charge in [0.15, 0.2) is 5.78 Å². The first-order chi connectivity index (χ1) is 19.6. The van der Waals surface area contributed by atoms with Gasteiger partial charge in [-0.05, 0) is 59.0 Å². The summed E-state index contributed by atoms with van der Waals surface area (Å²) in [6, 6.07) is 21.0. The van der Waals surface area contributed by atoms with Gasteiger partial charge in [0.1, 0.15) is 5.82 Å². The lowest BCUT2D eigenvalue weighted by molar-refractivity contribution is 0.0741. The highest BCUT2D eigenvalue weighted by molar-refractivity contribution is 7.91. The molecule has 0 aliphatic carbocycles. The van der Waals surface area contributed by atoms with Gasteiger partial charge in [0, 0.05) is 37.9 Å². The zero-order chi connectivity index (χ0) is 28.9. The van der Waals surface area contributed by atoms with Crippen molar-refractivity contribution >= 4 is 38.9 Å². The van der Waals surface area contributed by atoms with Crippen molar-refractivity contribution < 1.29 is 18.0 Å². The van der Waals surface area contributed by atoms with Crippen LogP contribution in [0.25, 0.3) is 11.1 Å². The molecule has 1 fully saturated rings. The van der Waals surface area contributed by atoms with E-state index in [2.05, 4.69) is 23.7 Å². The number of rotatable bonds is 4. The SMILES string of the molecule is CC(C)c1cccc(-c2ccc3c(c2)S(=O)(=O)c2cccc(C(=O)N4CCN(c5ccc(Cl)cn5)CC4)c2C3=O)c1. The lowest BCUT2D eigenvalue weighted by atomic mass is 9.93. The molecule has 4 aromatic rings. The molecule has 1 amide bonds. The van der Waals surface area contributed by atoms with Crippen LogP contribution in [0.2, 0.25) is 5.02 Å². The molecular weight excluding hydrogens is 558 g/mol. The van der Waals surface area contributed by atoms with Crippen molar-refractivity contribution in [3.63, 3.8) is 0 Å². The van der Waals surface area contributed by atoms with E-state index < -0.39 is 15.6 Å². The van der Waals surface area contributed by atoms with E-state index in [0.29, 0.717) is 42.7 Å². The Hall–Kier alpha value is -4.01. The molecule has 2 aliphatic rings. The Kier molecular flexibility index (Phi) is 6.91. The van der Waals surface area contributed by atoms with E-state index in [0.717, 1.165) is 16.9 Å². The molecule has 1 aromatic heterocycles. The second-order valence-corrected chi connectivity index (χ2v) is 12.9. The summed E-state index contributed by atoms with van der Waals surface area (Å²) in [5.41, 5.74) is 2.86. The number of hydrogen-bond donors (Lipinski definition) is 0. The maximum atomic E-state index is 13.9. The third-order valence-electron chi connectivity index (χ3n) is 7.78. The number of benzene rings is 3. The maximum absolute atomic E-state index is 13.9. The van der Waals surface area contributed by atoms with Crippen LogP contribution in [-0.4, -0.2) is 56.2 Å². The second-order valence-electron chi connectivity index (χ2n) is 10.6. The summed E-state index contributed by atoms with van der Waals surface area (Å²) < 4.78 is 27.7. The van der Waals surface area contributed by atoms with E-state index in [4.69, 9.17) is 11.6 Å². The summed E-state index contributed by atoms with van der Waals surface area (Å²) in [5.74, 6) is 0.268. The van der Waals surface area contributed by atoms with Crippen LogP contribution in [-0.2, 0) is 9.84 Å². The van der Waals surface area contributed by atoms with E-state index in [1.165, 1.54) is 12.1 Å². The fourth-order valence-electron chi connectivity index (χ4n) is 5.47. The molecule has 3 heterocycles. The lowest BCUT2D eigenvalue weighted by Gasteiger charge is -2.36. The van der Waals surface area contributed by atoms with Crippen LogP contribution in [0.4, 0.5) is 5.82 Å². The minimum absolute atomic E-state index is 0.0314. The Labute approximate surface area is 244 Å². The number of piperazine rings is 1. The first kappa shape index (κ1) is 27.2. The smallest absolute Gasteiger partial charge is 0.254 e. The Balaban J connectivity index is 1.31. The quantitative estimate of drug-likeness (QED) is 0.262. The number of nitrogens with zero attached hydrogens (tertiary/aromatic N) is 3. The molecular formula is C32H28ClN3O4S. The molecule has 1 saturated heterocycles. The highest BCUT2D eigenvalue weighted by Crippen LogP contribution is 2.39. The maximum Gasteiger partial charge on any atom is 0.254 e. The lowest BCUT2D eigenvalue weighted by Crippen LogP contribution is -2.49. The number of fused-ring (bicyclic) bond motifs is 2. The number of carbonyl (C=O) groups is 2. The summed E-state index contributed by atoms with van der Waals surface area (Å²) in [5, 5.41) is 0.550. The van der Waals surface area contributed by atoms with Crippen LogP contribution >= 0.6 is 11.6 Å². The number of ketones is 1. The van der Waals surface area contributed by atoms with E-state index in [-0.39, 0.29) is 32.4 Å². The van der Waals surface area contributed by atoms with E-state index >= 15 is 0 Å².